The molecule has 0 saturated heterocycles. The maximum Gasteiger partial charge on any atom is 0.255 e. The summed E-state index contributed by atoms with van der Waals surface area (Å²) in [7, 11) is -0.555. The number of hydrogen-bond donors (Lipinski definition) is 2. The molecule has 0 atom stereocenters. The smallest absolute Gasteiger partial charge is 0.255 e. The largest absolute Gasteiger partial charge is 0.495 e. The number of sulfonamides is 1. The van der Waals surface area contributed by atoms with E-state index in [-0.39, 0.29) is 11.6 Å². The Bertz CT molecular complexity index is 991. The van der Waals surface area contributed by atoms with Crippen molar-refractivity contribution in [1.29, 1.82) is 0 Å². The maximum absolute atomic E-state index is 12.7. The number of carbonyl (C=O) groups excluding carboxylic acids is 1. The third kappa shape index (κ3) is 7.67. The predicted molar refractivity (Wildman–Crippen MR) is 122 cm³/mol. The number of ether oxygens (including phenoxy) is 3. The Labute approximate surface area is 184 Å². The fourth-order valence-electron chi connectivity index (χ4n) is 2.91. The van der Waals surface area contributed by atoms with Gasteiger partial charge in [0.05, 0.1) is 32.8 Å². The molecular formula is C22H30N2O6S. The minimum absolute atomic E-state index is 0.229. The van der Waals surface area contributed by atoms with Gasteiger partial charge in [-0.25, -0.2) is 8.42 Å². The minimum Gasteiger partial charge on any atom is -0.495 e. The Hall–Kier alpha value is -2.94. The molecule has 0 aliphatic carbocycles. The second kappa shape index (κ2) is 11.5. The van der Waals surface area contributed by atoms with Gasteiger partial charge in [0.25, 0.3) is 5.91 Å². The van der Waals surface area contributed by atoms with Crippen molar-refractivity contribution in [3.8, 4) is 17.2 Å². The van der Waals surface area contributed by atoms with E-state index in [4.69, 9.17) is 14.2 Å². The quantitative estimate of drug-likeness (QED) is 0.468. The fourth-order valence-corrected chi connectivity index (χ4v) is 3.47. The average Bonchev–Trinajstić information content (AvgIpc) is 2.72. The zero-order valence-corrected chi connectivity index (χ0v) is 19.2. The topological polar surface area (TPSA) is 103 Å². The van der Waals surface area contributed by atoms with Crippen molar-refractivity contribution in [3.63, 3.8) is 0 Å². The second-order valence-corrected chi connectivity index (χ2v) is 8.77. The van der Waals surface area contributed by atoms with Gasteiger partial charge in [-0.1, -0.05) is 26.2 Å². The van der Waals surface area contributed by atoms with E-state index in [1.54, 1.807) is 30.3 Å². The van der Waals surface area contributed by atoms with Gasteiger partial charge in [0.15, 0.2) is 11.5 Å². The molecule has 9 heteroatoms. The predicted octanol–water partition coefficient (Wildman–Crippen LogP) is 4.29. The molecule has 0 bridgehead atoms. The van der Waals surface area contributed by atoms with Crippen molar-refractivity contribution in [2.45, 2.75) is 32.6 Å². The molecule has 31 heavy (non-hydrogen) atoms. The first-order valence-electron chi connectivity index (χ1n) is 10.1. The first-order valence-corrected chi connectivity index (χ1v) is 11.9. The lowest BCUT2D eigenvalue weighted by Gasteiger charge is -2.14. The zero-order valence-electron chi connectivity index (χ0n) is 18.4. The molecule has 0 aliphatic rings. The van der Waals surface area contributed by atoms with Crippen LogP contribution in [0.2, 0.25) is 0 Å². The second-order valence-electron chi connectivity index (χ2n) is 7.02. The molecular weight excluding hydrogens is 420 g/mol. The number of nitrogens with one attached hydrogen (secondary N) is 2. The monoisotopic (exact) mass is 450 g/mol. The molecule has 0 fully saturated rings. The lowest BCUT2D eigenvalue weighted by atomic mass is 10.1. The Morgan fingerprint density at radius 3 is 2.29 bits per heavy atom. The van der Waals surface area contributed by atoms with Crippen LogP contribution in [-0.4, -0.2) is 41.4 Å². The van der Waals surface area contributed by atoms with Crippen LogP contribution in [0.1, 0.15) is 43.0 Å². The number of rotatable bonds is 12. The van der Waals surface area contributed by atoms with Crippen molar-refractivity contribution < 1.29 is 27.4 Å². The molecule has 2 aromatic carbocycles. The average molecular weight is 451 g/mol. The van der Waals surface area contributed by atoms with Crippen molar-refractivity contribution >= 4 is 27.3 Å². The van der Waals surface area contributed by atoms with E-state index in [9.17, 15) is 13.2 Å². The van der Waals surface area contributed by atoms with Gasteiger partial charge in [0.2, 0.25) is 10.0 Å². The summed E-state index contributed by atoms with van der Waals surface area (Å²) in [6, 6.07) is 9.64. The lowest BCUT2D eigenvalue weighted by Crippen LogP contribution is -2.14. The molecule has 0 saturated carbocycles. The molecule has 1 amide bonds. The third-order valence-electron chi connectivity index (χ3n) is 4.43. The van der Waals surface area contributed by atoms with Crippen LogP contribution in [0.5, 0.6) is 17.2 Å². The van der Waals surface area contributed by atoms with Crippen LogP contribution in [-0.2, 0) is 10.0 Å². The number of hydrogen-bond acceptors (Lipinski definition) is 6. The summed E-state index contributed by atoms with van der Waals surface area (Å²) >= 11 is 0. The Kier molecular flexibility index (Phi) is 8.99. The molecule has 0 radical (unpaired) electrons. The number of anilines is 2. The highest BCUT2D eigenvalue weighted by atomic mass is 32.2. The number of unbranched alkanes of at least 4 members (excludes halogenated alkanes) is 3. The number of amides is 1. The van der Waals surface area contributed by atoms with Gasteiger partial charge in [-0.15, -0.1) is 0 Å². The van der Waals surface area contributed by atoms with Crippen LogP contribution < -0.4 is 24.2 Å². The molecule has 8 nitrogen and oxygen atoms in total. The van der Waals surface area contributed by atoms with Crippen LogP contribution in [0.4, 0.5) is 11.4 Å². The van der Waals surface area contributed by atoms with E-state index >= 15 is 0 Å². The minimum atomic E-state index is -3.51. The summed E-state index contributed by atoms with van der Waals surface area (Å²) < 4.78 is 41.8. The normalized spacial score (nSPS) is 11.0. The Morgan fingerprint density at radius 1 is 0.935 bits per heavy atom. The Balaban J connectivity index is 2.12. The summed E-state index contributed by atoms with van der Waals surface area (Å²) in [5, 5.41) is 2.75. The first-order chi connectivity index (χ1) is 14.8. The van der Waals surface area contributed by atoms with Crippen molar-refractivity contribution in [3.05, 3.63) is 42.0 Å². The van der Waals surface area contributed by atoms with Crippen LogP contribution >= 0.6 is 0 Å². The van der Waals surface area contributed by atoms with Crippen molar-refractivity contribution in [2.24, 2.45) is 0 Å². The van der Waals surface area contributed by atoms with Crippen LogP contribution in [0, 0.1) is 0 Å². The molecule has 2 N–H and O–H groups in total. The zero-order chi connectivity index (χ0) is 22.9. The maximum atomic E-state index is 12.7. The molecule has 2 rings (SSSR count). The molecule has 0 unspecified atom stereocenters. The van der Waals surface area contributed by atoms with Crippen molar-refractivity contribution in [2.75, 3.05) is 37.1 Å². The molecule has 170 valence electrons. The van der Waals surface area contributed by atoms with E-state index < -0.39 is 10.0 Å². The van der Waals surface area contributed by atoms with Gasteiger partial charge in [-0.05, 0) is 42.8 Å². The Morgan fingerprint density at radius 2 is 1.65 bits per heavy atom. The molecule has 0 aromatic heterocycles. The molecule has 0 heterocycles. The standard InChI is InChI=1S/C22H30N2O6S/c1-5-6-7-8-13-30-20-11-9-16(14-21(20)29-3)22(25)23-17-10-12-19(28-2)18(15-17)24-31(4,26)27/h9-12,14-15,24H,5-8,13H2,1-4H3,(H,23,25). The summed E-state index contributed by atoms with van der Waals surface area (Å²) in [6.45, 7) is 2.74. The van der Waals surface area contributed by atoms with E-state index in [2.05, 4.69) is 17.0 Å². The fraction of sp³-hybridized carbons (Fsp3) is 0.409. The van der Waals surface area contributed by atoms with Crippen LogP contribution in [0.15, 0.2) is 36.4 Å². The highest BCUT2D eigenvalue weighted by molar-refractivity contribution is 7.92. The van der Waals surface area contributed by atoms with Gasteiger partial charge in [0.1, 0.15) is 5.75 Å². The van der Waals surface area contributed by atoms with Gasteiger partial charge in [-0.2, -0.15) is 0 Å². The summed E-state index contributed by atoms with van der Waals surface area (Å²) in [6.07, 6.45) is 5.44. The number of benzene rings is 2. The van der Waals surface area contributed by atoms with Crippen LogP contribution in [0.3, 0.4) is 0 Å². The highest BCUT2D eigenvalue weighted by Gasteiger charge is 2.14. The van der Waals surface area contributed by atoms with Crippen molar-refractivity contribution in [1.82, 2.24) is 0 Å². The molecule has 0 aliphatic heterocycles. The van der Waals surface area contributed by atoms with Gasteiger partial charge < -0.3 is 19.5 Å². The SMILES string of the molecule is CCCCCCOc1ccc(C(=O)Nc2ccc(OC)c(NS(C)(=O)=O)c2)cc1OC. The van der Waals surface area contributed by atoms with Crippen LogP contribution in [0.25, 0.3) is 0 Å². The summed E-state index contributed by atoms with van der Waals surface area (Å²) in [5.41, 5.74) is 1.02. The lowest BCUT2D eigenvalue weighted by molar-refractivity contribution is 0.102. The third-order valence-corrected chi connectivity index (χ3v) is 5.02. The number of carbonyl (C=O) groups is 1. The summed E-state index contributed by atoms with van der Waals surface area (Å²) in [5.74, 6) is 1.02. The van der Waals surface area contributed by atoms with Gasteiger partial charge in [-0.3, -0.25) is 9.52 Å². The van der Waals surface area contributed by atoms with E-state index in [1.807, 2.05) is 0 Å². The number of methoxy groups -OCH3 is 2. The first kappa shape index (κ1) is 24.3. The summed E-state index contributed by atoms with van der Waals surface area (Å²) in [4.78, 5) is 12.7. The van der Waals surface area contributed by atoms with E-state index in [0.717, 1.165) is 25.5 Å². The van der Waals surface area contributed by atoms with E-state index in [1.165, 1.54) is 26.7 Å². The van der Waals surface area contributed by atoms with Gasteiger partial charge >= 0.3 is 0 Å². The molecule has 0 spiro atoms. The highest BCUT2D eigenvalue weighted by Crippen LogP contribution is 2.31. The van der Waals surface area contributed by atoms with Gasteiger partial charge in [0, 0.05) is 11.3 Å². The van der Waals surface area contributed by atoms with E-state index in [0.29, 0.717) is 35.1 Å². The molecule has 2 aromatic rings.